The van der Waals surface area contributed by atoms with Gasteiger partial charge in [-0.05, 0) is 36.8 Å². The molecule has 3 aromatic rings. The Hall–Kier alpha value is -2.95. The van der Waals surface area contributed by atoms with Gasteiger partial charge >= 0.3 is 0 Å². The lowest BCUT2D eigenvalue weighted by Crippen LogP contribution is -2.29. The number of nitrogens with zero attached hydrogens (tertiary/aromatic N) is 2. The maximum Gasteiger partial charge on any atom is 0.266 e. The molecule has 120 valence electrons. The van der Waals surface area contributed by atoms with Crippen molar-refractivity contribution in [2.45, 2.75) is 26.2 Å². The molecule has 0 saturated carbocycles. The van der Waals surface area contributed by atoms with Crippen LogP contribution < -0.4 is 4.90 Å². The first kappa shape index (κ1) is 14.6. The first-order chi connectivity index (χ1) is 11.7. The van der Waals surface area contributed by atoms with Crippen LogP contribution in [0.25, 0.3) is 11.1 Å². The third-order valence-electron chi connectivity index (χ3n) is 4.21. The molecule has 0 radical (unpaired) electrons. The van der Waals surface area contributed by atoms with Crippen LogP contribution in [0.1, 0.15) is 46.4 Å². The number of unbranched alkanes of at least 4 members (excludes halogenated alkanes) is 1. The molecule has 2 aromatic carbocycles. The fourth-order valence-electron chi connectivity index (χ4n) is 2.96. The van der Waals surface area contributed by atoms with Crippen molar-refractivity contribution in [2.75, 3.05) is 4.90 Å². The Morgan fingerprint density at radius 3 is 2.42 bits per heavy atom. The molecule has 0 atom stereocenters. The molecule has 24 heavy (non-hydrogen) atoms. The van der Waals surface area contributed by atoms with Crippen LogP contribution in [-0.4, -0.2) is 16.8 Å². The Morgan fingerprint density at radius 2 is 1.75 bits per heavy atom. The molecule has 1 aromatic heterocycles. The quantitative estimate of drug-likeness (QED) is 0.682. The van der Waals surface area contributed by atoms with E-state index in [9.17, 15) is 9.59 Å². The second kappa shape index (κ2) is 5.60. The highest BCUT2D eigenvalue weighted by Crippen LogP contribution is 2.30. The van der Waals surface area contributed by atoms with E-state index in [4.69, 9.17) is 4.42 Å². The van der Waals surface area contributed by atoms with Gasteiger partial charge < -0.3 is 4.42 Å². The lowest BCUT2D eigenvalue weighted by Gasteiger charge is -2.13. The molecule has 0 N–H and O–H groups in total. The van der Waals surface area contributed by atoms with Crippen molar-refractivity contribution >= 4 is 28.6 Å². The van der Waals surface area contributed by atoms with Gasteiger partial charge in [0.15, 0.2) is 11.5 Å². The molecule has 2 heterocycles. The molecule has 0 unspecified atom stereocenters. The lowest BCUT2D eigenvalue weighted by atomic mass is 10.1. The molecular weight excluding hydrogens is 304 g/mol. The van der Waals surface area contributed by atoms with Crippen molar-refractivity contribution in [1.82, 2.24) is 4.98 Å². The Bertz CT molecular complexity index is 923. The average molecular weight is 320 g/mol. The molecule has 0 saturated heterocycles. The third kappa shape index (κ3) is 2.21. The fourth-order valence-corrected chi connectivity index (χ4v) is 2.96. The van der Waals surface area contributed by atoms with E-state index >= 15 is 0 Å². The van der Waals surface area contributed by atoms with Gasteiger partial charge in [-0.25, -0.2) is 9.88 Å². The normalized spacial score (nSPS) is 13.8. The van der Waals surface area contributed by atoms with Crippen molar-refractivity contribution in [2.24, 2.45) is 0 Å². The molecule has 4 rings (SSSR count). The highest BCUT2D eigenvalue weighted by Gasteiger charge is 2.36. The first-order valence-corrected chi connectivity index (χ1v) is 8.06. The van der Waals surface area contributed by atoms with Crippen LogP contribution in [0, 0.1) is 0 Å². The number of carbonyl (C=O) groups excluding carboxylic acids is 2. The topological polar surface area (TPSA) is 63.4 Å². The van der Waals surface area contributed by atoms with Crippen LogP contribution in [-0.2, 0) is 6.42 Å². The number of rotatable bonds is 4. The summed E-state index contributed by atoms with van der Waals surface area (Å²) in [6, 6.07) is 12.1. The number of oxazole rings is 1. The second-order valence-corrected chi connectivity index (χ2v) is 5.85. The Balaban J connectivity index is 1.72. The Labute approximate surface area is 138 Å². The second-order valence-electron chi connectivity index (χ2n) is 5.85. The standard InChI is InChI=1S/C19H16N2O3/c1-2-3-8-17-20-15-11-12(9-10-16(15)24-17)21-18(22)13-6-4-5-7-14(13)19(21)23/h4-7,9-11H,2-3,8H2,1H3. The molecule has 5 heteroatoms. The van der Waals surface area contributed by atoms with E-state index in [-0.39, 0.29) is 11.8 Å². The van der Waals surface area contributed by atoms with Gasteiger partial charge in [-0.2, -0.15) is 0 Å². The van der Waals surface area contributed by atoms with Gasteiger partial charge in [-0.3, -0.25) is 9.59 Å². The molecular formula is C19H16N2O3. The highest BCUT2D eigenvalue weighted by atomic mass is 16.3. The van der Waals surface area contributed by atoms with Crippen molar-refractivity contribution in [1.29, 1.82) is 0 Å². The van der Waals surface area contributed by atoms with E-state index < -0.39 is 0 Å². The van der Waals surface area contributed by atoms with Crippen LogP contribution >= 0.6 is 0 Å². The number of amides is 2. The molecule has 1 aliphatic rings. The van der Waals surface area contributed by atoms with Gasteiger partial charge in [-0.1, -0.05) is 25.5 Å². The number of aromatic nitrogens is 1. The van der Waals surface area contributed by atoms with E-state index in [1.54, 1.807) is 42.5 Å². The number of imide groups is 1. The van der Waals surface area contributed by atoms with Gasteiger partial charge in [0.2, 0.25) is 0 Å². The smallest absolute Gasteiger partial charge is 0.266 e. The maximum atomic E-state index is 12.6. The summed E-state index contributed by atoms with van der Waals surface area (Å²) in [5.74, 6) is 0.0839. The Kier molecular flexibility index (Phi) is 3.41. The number of fused-ring (bicyclic) bond motifs is 2. The van der Waals surface area contributed by atoms with E-state index in [1.165, 1.54) is 4.90 Å². The van der Waals surface area contributed by atoms with Crippen LogP contribution in [0.15, 0.2) is 46.9 Å². The van der Waals surface area contributed by atoms with Crippen molar-refractivity contribution in [3.63, 3.8) is 0 Å². The molecule has 0 bridgehead atoms. The lowest BCUT2D eigenvalue weighted by molar-refractivity contribution is 0.0926. The largest absolute Gasteiger partial charge is 0.441 e. The van der Waals surface area contributed by atoms with Crippen LogP contribution in [0.4, 0.5) is 5.69 Å². The molecule has 0 spiro atoms. The third-order valence-corrected chi connectivity index (χ3v) is 4.21. The number of hydrogen-bond acceptors (Lipinski definition) is 4. The maximum absolute atomic E-state index is 12.6. The number of benzene rings is 2. The summed E-state index contributed by atoms with van der Waals surface area (Å²) in [6.07, 6.45) is 2.87. The van der Waals surface area contributed by atoms with Crippen LogP contribution in [0.3, 0.4) is 0 Å². The number of anilines is 1. The zero-order valence-electron chi connectivity index (χ0n) is 13.3. The minimum Gasteiger partial charge on any atom is -0.441 e. The summed E-state index contributed by atoms with van der Waals surface area (Å²) >= 11 is 0. The van der Waals surface area contributed by atoms with Gasteiger partial charge in [-0.15, -0.1) is 0 Å². The summed E-state index contributed by atoms with van der Waals surface area (Å²) in [5.41, 5.74) is 2.72. The summed E-state index contributed by atoms with van der Waals surface area (Å²) in [4.78, 5) is 30.8. The van der Waals surface area contributed by atoms with Gasteiger partial charge in [0.25, 0.3) is 11.8 Å². The fraction of sp³-hybridized carbons (Fsp3) is 0.211. The Morgan fingerprint density at radius 1 is 1.04 bits per heavy atom. The van der Waals surface area contributed by atoms with Crippen molar-refractivity contribution in [3.05, 3.63) is 59.5 Å². The van der Waals surface area contributed by atoms with E-state index in [0.717, 1.165) is 19.3 Å². The van der Waals surface area contributed by atoms with Crippen LogP contribution in [0.5, 0.6) is 0 Å². The van der Waals surface area contributed by atoms with Gasteiger partial charge in [0.05, 0.1) is 16.8 Å². The van der Waals surface area contributed by atoms with Crippen LogP contribution in [0.2, 0.25) is 0 Å². The molecule has 5 nitrogen and oxygen atoms in total. The predicted molar refractivity (Wildman–Crippen MR) is 90.2 cm³/mol. The number of carbonyl (C=O) groups is 2. The van der Waals surface area contributed by atoms with Gasteiger partial charge in [0, 0.05) is 6.42 Å². The zero-order valence-corrected chi connectivity index (χ0v) is 13.3. The van der Waals surface area contributed by atoms with E-state index in [1.807, 2.05) is 0 Å². The zero-order chi connectivity index (χ0) is 16.7. The van der Waals surface area contributed by atoms with Crippen molar-refractivity contribution < 1.29 is 14.0 Å². The minimum absolute atomic E-state index is 0.301. The molecule has 0 aliphatic carbocycles. The summed E-state index contributed by atoms with van der Waals surface area (Å²) in [7, 11) is 0. The first-order valence-electron chi connectivity index (χ1n) is 8.06. The SMILES string of the molecule is CCCCc1nc2cc(N3C(=O)c4ccccc4C3=O)ccc2o1. The molecule has 1 aliphatic heterocycles. The molecule has 0 fully saturated rings. The summed E-state index contributed by atoms with van der Waals surface area (Å²) in [5, 5.41) is 0. The summed E-state index contributed by atoms with van der Waals surface area (Å²) < 4.78 is 5.70. The number of hydrogen-bond donors (Lipinski definition) is 0. The summed E-state index contributed by atoms with van der Waals surface area (Å²) in [6.45, 7) is 2.11. The highest BCUT2D eigenvalue weighted by molar-refractivity contribution is 6.34. The van der Waals surface area contributed by atoms with E-state index in [0.29, 0.717) is 33.8 Å². The minimum atomic E-state index is -0.301. The predicted octanol–water partition coefficient (Wildman–Crippen LogP) is 3.97. The average Bonchev–Trinajstić information content (AvgIpc) is 3.12. The van der Waals surface area contributed by atoms with Crippen molar-refractivity contribution in [3.8, 4) is 0 Å². The number of aryl methyl sites for hydroxylation is 1. The van der Waals surface area contributed by atoms with E-state index in [2.05, 4.69) is 11.9 Å². The monoisotopic (exact) mass is 320 g/mol. The molecule has 2 amide bonds. The van der Waals surface area contributed by atoms with Gasteiger partial charge in [0.1, 0.15) is 5.52 Å².